The van der Waals surface area contributed by atoms with Crippen molar-refractivity contribution < 1.29 is 9.59 Å². The Labute approximate surface area is 106 Å². The Morgan fingerprint density at radius 1 is 1.39 bits per heavy atom. The fourth-order valence-corrected chi connectivity index (χ4v) is 1.21. The maximum absolute atomic E-state index is 11.5. The van der Waals surface area contributed by atoms with Crippen molar-refractivity contribution in [2.75, 3.05) is 18.4 Å². The summed E-state index contributed by atoms with van der Waals surface area (Å²) in [5.74, 6) is -1.15. The summed E-state index contributed by atoms with van der Waals surface area (Å²) in [6.45, 7) is 6.59. The van der Waals surface area contributed by atoms with Crippen LogP contribution in [-0.4, -0.2) is 35.1 Å². The molecule has 0 radical (unpaired) electrons. The highest BCUT2D eigenvalue weighted by molar-refractivity contribution is 6.39. The predicted octanol–water partition coefficient (Wildman–Crippen LogP) is -0.279. The van der Waals surface area contributed by atoms with Crippen LogP contribution in [0.1, 0.15) is 26.5 Å². The van der Waals surface area contributed by atoms with E-state index in [2.05, 4.69) is 20.8 Å². The average Bonchev–Trinajstić information content (AvgIpc) is 2.73. The van der Waals surface area contributed by atoms with E-state index in [9.17, 15) is 9.59 Å². The standard InChI is InChI=1S/C11H19N5O2/c1-11(2,3)7-6-8(16-15-7)14-10(18)9(17)13-5-4-12/h6H,4-5,12H2,1-3H3,(H,13,17)(H2,14,15,16,18). The number of nitrogens with zero attached hydrogens (tertiary/aromatic N) is 1. The first-order valence-corrected chi connectivity index (χ1v) is 5.69. The highest BCUT2D eigenvalue weighted by Gasteiger charge is 2.19. The number of hydrogen-bond donors (Lipinski definition) is 4. The molecule has 100 valence electrons. The second-order valence-corrected chi connectivity index (χ2v) is 4.92. The SMILES string of the molecule is CC(C)(C)c1cc(NC(=O)C(=O)NCCN)n[nH]1. The summed E-state index contributed by atoms with van der Waals surface area (Å²) in [6, 6.07) is 1.70. The molecule has 0 unspecified atom stereocenters. The third-order valence-electron chi connectivity index (χ3n) is 2.26. The number of aromatic nitrogens is 2. The Balaban J connectivity index is 2.60. The van der Waals surface area contributed by atoms with Gasteiger partial charge in [-0.2, -0.15) is 5.10 Å². The van der Waals surface area contributed by atoms with Crippen molar-refractivity contribution in [2.45, 2.75) is 26.2 Å². The topological polar surface area (TPSA) is 113 Å². The number of H-pyrrole nitrogens is 1. The first kappa shape index (κ1) is 14.2. The van der Waals surface area contributed by atoms with Crippen LogP contribution in [0.15, 0.2) is 6.07 Å². The number of amides is 2. The Morgan fingerprint density at radius 2 is 2.06 bits per heavy atom. The van der Waals surface area contributed by atoms with E-state index in [1.54, 1.807) is 6.07 Å². The van der Waals surface area contributed by atoms with Gasteiger partial charge in [0.1, 0.15) is 0 Å². The molecule has 1 rings (SSSR count). The molecule has 2 amide bonds. The maximum atomic E-state index is 11.5. The van der Waals surface area contributed by atoms with Gasteiger partial charge in [-0.25, -0.2) is 0 Å². The van der Waals surface area contributed by atoms with Gasteiger partial charge in [-0.05, 0) is 0 Å². The van der Waals surface area contributed by atoms with E-state index in [1.165, 1.54) is 0 Å². The summed E-state index contributed by atoms with van der Waals surface area (Å²) in [7, 11) is 0. The molecule has 1 aromatic heterocycles. The van der Waals surface area contributed by atoms with Crippen LogP contribution in [0.25, 0.3) is 0 Å². The molecule has 1 heterocycles. The molecule has 7 heteroatoms. The van der Waals surface area contributed by atoms with Crippen molar-refractivity contribution in [3.8, 4) is 0 Å². The van der Waals surface area contributed by atoms with Crippen LogP contribution in [0.3, 0.4) is 0 Å². The van der Waals surface area contributed by atoms with Crippen LogP contribution in [0.4, 0.5) is 5.82 Å². The molecular weight excluding hydrogens is 234 g/mol. The zero-order valence-corrected chi connectivity index (χ0v) is 10.8. The van der Waals surface area contributed by atoms with Gasteiger partial charge in [0.25, 0.3) is 0 Å². The first-order chi connectivity index (χ1) is 8.34. The third kappa shape index (κ3) is 3.85. The minimum atomic E-state index is -0.754. The molecule has 0 aliphatic heterocycles. The molecule has 0 spiro atoms. The monoisotopic (exact) mass is 253 g/mol. The van der Waals surface area contributed by atoms with Gasteiger partial charge in [0, 0.05) is 30.3 Å². The van der Waals surface area contributed by atoms with Gasteiger partial charge in [-0.1, -0.05) is 20.8 Å². The Hall–Kier alpha value is -1.89. The third-order valence-corrected chi connectivity index (χ3v) is 2.26. The fraction of sp³-hybridized carbons (Fsp3) is 0.545. The molecule has 5 N–H and O–H groups in total. The lowest BCUT2D eigenvalue weighted by atomic mass is 9.92. The summed E-state index contributed by atoms with van der Waals surface area (Å²) in [5, 5.41) is 11.5. The lowest BCUT2D eigenvalue weighted by Crippen LogP contribution is -2.38. The zero-order valence-electron chi connectivity index (χ0n) is 10.8. The molecule has 0 aliphatic carbocycles. The molecular formula is C11H19N5O2. The molecule has 0 aromatic carbocycles. The molecule has 0 aliphatic rings. The minimum Gasteiger partial charge on any atom is -0.347 e. The van der Waals surface area contributed by atoms with E-state index >= 15 is 0 Å². The van der Waals surface area contributed by atoms with Crippen LogP contribution in [0.2, 0.25) is 0 Å². The Bertz CT molecular complexity index is 433. The number of nitrogens with one attached hydrogen (secondary N) is 3. The predicted molar refractivity (Wildman–Crippen MR) is 68.0 cm³/mol. The molecule has 0 saturated heterocycles. The summed E-state index contributed by atoms with van der Waals surface area (Å²) in [5.41, 5.74) is 5.99. The van der Waals surface area contributed by atoms with Crippen molar-refractivity contribution >= 4 is 17.6 Å². The first-order valence-electron chi connectivity index (χ1n) is 5.69. The van der Waals surface area contributed by atoms with E-state index in [4.69, 9.17) is 5.73 Å². The number of aromatic amines is 1. The van der Waals surface area contributed by atoms with Gasteiger partial charge in [-0.15, -0.1) is 0 Å². The van der Waals surface area contributed by atoms with Gasteiger partial charge in [-0.3, -0.25) is 14.7 Å². The Morgan fingerprint density at radius 3 is 2.56 bits per heavy atom. The molecule has 0 saturated carbocycles. The van der Waals surface area contributed by atoms with Gasteiger partial charge < -0.3 is 16.4 Å². The summed E-state index contributed by atoms with van der Waals surface area (Å²) < 4.78 is 0. The van der Waals surface area contributed by atoms with E-state index in [0.717, 1.165) is 5.69 Å². The number of anilines is 1. The summed E-state index contributed by atoms with van der Waals surface area (Å²) >= 11 is 0. The van der Waals surface area contributed by atoms with Gasteiger partial charge in [0.05, 0.1) is 0 Å². The van der Waals surface area contributed by atoms with Crippen LogP contribution < -0.4 is 16.4 Å². The quantitative estimate of drug-likeness (QED) is 0.555. The number of rotatable bonds is 3. The molecule has 7 nitrogen and oxygen atoms in total. The molecule has 0 bridgehead atoms. The smallest absolute Gasteiger partial charge is 0.314 e. The van der Waals surface area contributed by atoms with Crippen molar-refractivity contribution in [1.29, 1.82) is 0 Å². The average molecular weight is 253 g/mol. The number of hydrogen-bond acceptors (Lipinski definition) is 4. The van der Waals surface area contributed by atoms with Crippen molar-refractivity contribution in [3.63, 3.8) is 0 Å². The minimum absolute atomic E-state index is 0.0994. The fourth-order valence-electron chi connectivity index (χ4n) is 1.21. The van der Waals surface area contributed by atoms with Gasteiger partial charge in [0.2, 0.25) is 0 Å². The van der Waals surface area contributed by atoms with Crippen molar-refractivity contribution in [1.82, 2.24) is 15.5 Å². The van der Waals surface area contributed by atoms with E-state index < -0.39 is 11.8 Å². The number of carbonyl (C=O) groups excluding carboxylic acids is 2. The van der Waals surface area contributed by atoms with E-state index in [0.29, 0.717) is 5.82 Å². The number of carbonyl (C=O) groups is 2. The van der Waals surface area contributed by atoms with Gasteiger partial charge >= 0.3 is 11.8 Å². The van der Waals surface area contributed by atoms with Crippen LogP contribution in [0.5, 0.6) is 0 Å². The largest absolute Gasteiger partial charge is 0.347 e. The summed E-state index contributed by atoms with van der Waals surface area (Å²) in [4.78, 5) is 22.8. The van der Waals surface area contributed by atoms with Crippen molar-refractivity contribution in [2.24, 2.45) is 5.73 Å². The molecule has 18 heavy (non-hydrogen) atoms. The van der Waals surface area contributed by atoms with E-state index in [-0.39, 0.29) is 18.5 Å². The second kappa shape index (κ2) is 5.63. The molecule has 1 aromatic rings. The van der Waals surface area contributed by atoms with E-state index in [1.807, 2.05) is 20.8 Å². The second-order valence-electron chi connectivity index (χ2n) is 4.92. The lowest BCUT2D eigenvalue weighted by Gasteiger charge is -2.14. The molecule has 0 fully saturated rings. The van der Waals surface area contributed by atoms with Gasteiger partial charge in [0.15, 0.2) is 5.82 Å². The zero-order chi connectivity index (χ0) is 13.8. The normalized spacial score (nSPS) is 11.1. The number of nitrogens with two attached hydrogens (primary N) is 1. The van der Waals surface area contributed by atoms with Crippen molar-refractivity contribution in [3.05, 3.63) is 11.8 Å². The van der Waals surface area contributed by atoms with Crippen LogP contribution in [-0.2, 0) is 15.0 Å². The van der Waals surface area contributed by atoms with Crippen LogP contribution >= 0.6 is 0 Å². The molecule has 0 atom stereocenters. The lowest BCUT2D eigenvalue weighted by molar-refractivity contribution is -0.136. The Kier molecular flexibility index (Phi) is 4.43. The highest BCUT2D eigenvalue weighted by Crippen LogP contribution is 2.21. The van der Waals surface area contributed by atoms with Crippen LogP contribution in [0, 0.1) is 0 Å². The highest BCUT2D eigenvalue weighted by atomic mass is 16.2. The summed E-state index contributed by atoms with van der Waals surface area (Å²) in [6.07, 6.45) is 0. The maximum Gasteiger partial charge on any atom is 0.314 e.